The van der Waals surface area contributed by atoms with Crippen molar-refractivity contribution >= 4 is 38.9 Å². The molecule has 0 aliphatic rings. The first-order valence-electron chi connectivity index (χ1n) is 5.05. The molecule has 0 atom stereocenters. The SMILES string of the molecule is Nc1ccccc1CNc1cnc(Cl)c(Br)c1. The molecule has 1 aromatic carbocycles. The first kappa shape index (κ1) is 12.2. The van der Waals surface area contributed by atoms with E-state index in [0.29, 0.717) is 11.7 Å². The molecule has 5 heteroatoms. The number of nitrogens with zero attached hydrogens (tertiary/aromatic N) is 1. The summed E-state index contributed by atoms with van der Waals surface area (Å²) in [5, 5.41) is 3.69. The minimum atomic E-state index is 0.453. The van der Waals surface area contributed by atoms with Crippen LogP contribution in [-0.2, 0) is 6.54 Å². The second-order valence-electron chi connectivity index (χ2n) is 3.55. The summed E-state index contributed by atoms with van der Waals surface area (Å²) in [6, 6.07) is 9.63. The Hall–Kier alpha value is -1.26. The first-order valence-corrected chi connectivity index (χ1v) is 6.22. The lowest BCUT2D eigenvalue weighted by Gasteiger charge is -2.09. The van der Waals surface area contributed by atoms with Crippen LogP contribution in [0.1, 0.15) is 5.56 Å². The molecule has 0 fully saturated rings. The Balaban J connectivity index is 2.08. The maximum atomic E-state index is 5.85. The summed E-state index contributed by atoms with van der Waals surface area (Å²) in [5.41, 5.74) is 8.58. The van der Waals surface area contributed by atoms with Crippen LogP contribution < -0.4 is 11.1 Å². The number of nitrogen functional groups attached to an aromatic ring is 1. The van der Waals surface area contributed by atoms with Crippen LogP contribution in [0.3, 0.4) is 0 Å². The molecule has 3 N–H and O–H groups in total. The highest BCUT2D eigenvalue weighted by Crippen LogP contribution is 2.23. The lowest BCUT2D eigenvalue weighted by atomic mass is 10.2. The van der Waals surface area contributed by atoms with E-state index in [1.54, 1.807) is 6.20 Å². The molecule has 88 valence electrons. The van der Waals surface area contributed by atoms with Gasteiger partial charge >= 0.3 is 0 Å². The molecule has 0 radical (unpaired) electrons. The predicted molar refractivity (Wildman–Crippen MR) is 75.1 cm³/mol. The van der Waals surface area contributed by atoms with E-state index in [4.69, 9.17) is 17.3 Å². The number of para-hydroxylation sites is 1. The van der Waals surface area contributed by atoms with Crippen molar-refractivity contribution in [3.8, 4) is 0 Å². The normalized spacial score (nSPS) is 10.2. The van der Waals surface area contributed by atoms with Gasteiger partial charge in [0.05, 0.1) is 16.4 Å². The van der Waals surface area contributed by atoms with Gasteiger partial charge in [-0.15, -0.1) is 0 Å². The van der Waals surface area contributed by atoms with Gasteiger partial charge in [-0.3, -0.25) is 0 Å². The molecule has 0 unspecified atom stereocenters. The van der Waals surface area contributed by atoms with Gasteiger partial charge in [-0.1, -0.05) is 29.8 Å². The number of anilines is 2. The summed E-state index contributed by atoms with van der Waals surface area (Å²) in [6.07, 6.45) is 1.69. The molecule has 3 nitrogen and oxygen atoms in total. The molecule has 2 aromatic rings. The summed E-state index contributed by atoms with van der Waals surface area (Å²) in [4.78, 5) is 4.04. The third-order valence-corrected chi connectivity index (χ3v) is 3.47. The molecule has 17 heavy (non-hydrogen) atoms. The fourth-order valence-electron chi connectivity index (χ4n) is 1.41. The minimum Gasteiger partial charge on any atom is -0.398 e. The van der Waals surface area contributed by atoms with Gasteiger partial charge < -0.3 is 11.1 Å². The van der Waals surface area contributed by atoms with Gasteiger partial charge in [-0.25, -0.2) is 4.98 Å². The van der Waals surface area contributed by atoms with E-state index in [1.807, 2.05) is 30.3 Å². The molecule has 0 bridgehead atoms. The Morgan fingerprint density at radius 1 is 1.35 bits per heavy atom. The maximum absolute atomic E-state index is 5.85. The van der Waals surface area contributed by atoms with Crippen molar-refractivity contribution in [1.82, 2.24) is 4.98 Å². The quantitative estimate of drug-likeness (QED) is 0.671. The Kier molecular flexibility index (Phi) is 3.86. The largest absolute Gasteiger partial charge is 0.398 e. The monoisotopic (exact) mass is 311 g/mol. The predicted octanol–water partition coefficient (Wildman–Crippen LogP) is 3.69. The fraction of sp³-hybridized carbons (Fsp3) is 0.0833. The van der Waals surface area contributed by atoms with E-state index in [1.165, 1.54) is 0 Å². The van der Waals surface area contributed by atoms with E-state index in [9.17, 15) is 0 Å². The van der Waals surface area contributed by atoms with E-state index >= 15 is 0 Å². The second kappa shape index (κ2) is 5.38. The average Bonchev–Trinajstić information content (AvgIpc) is 2.32. The first-order chi connectivity index (χ1) is 8.16. The Morgan fingerprint density at radius 3 is 2.82 bits per heavy atom. The number of nitrogens with one attached hydrogen (secondary N) is 1. The number of halogens is 2. The number of aromatic nitrogens is 1. The van der Waals surface area contributed by atoms with E-state index in [0.717, 1.165) is 21.4 Å². The van der Waals surface area contributed by atoms with Crippen LogP contribution in [0.2, 0.25) is 5.15 Å². The molecule has 1 heterocycles. The Labute approximate surface area is 113 Å². The van der Waals surface area contributed by atoms with Gasteiger partial charge in [0.1, 0.15) is 5.15 Å². The van der Waals surface area contributed by atoms with E-state index in [-0.39, 0.29) is 0 Å². The fourth-order valence-corrected chi connectivity index (χ4v) is 1.86. The second-order valence-corrected chi connectivity index (χ2v) is 4.76. The van der Waals surface area contributed by atoms with Crippen molar-refractivity contribution in [2.45, 2.75) is 6.54 Å². The molecule has 2 rings (SSSR count). The molecule has 0 aliphatic heterocycles. The summed E-state index contributed by atoms with van der Waals surface area (Å²) >= 11 is 9.14. The molecule has 1 aromatic heterocycles. The van der Waals surface area contributed by atoms with Crippen molar-refractivity contribution in [1.29, 1.82) is 0 Å². The van der Waals surface area contributed by atoms with Crippen LogP contribution in [0.5, 0.6) is 0 Å². The van der Waals surface area contributed by atoms with Gasteiger partial charge in [0.25, 0.3) is 0 Å². The highest BCUT2D eigenvalue weighted by atomic mass is 79.9. The lowest BCUT2D eigenvalue weighted by Crippen LogP contribution is -2.03. The van der Waals surface area contributed by atoms with Crippen molar-refractivity contribution in [3.63, 3.8) is 0 Å². The third-order valence-electron chi connectivity index (χ3n) is 2.33. The summed E-state index contributed by atoms with van der Waals surface area (Å²) < 4.78 is 0.769. The maximum Gasteiger partial charge on any atom is 0.143 e. The van der Waals surface area contributed by atoms with Crippen LogP contribution in [0, 0.1) is 0 Å². The molecule has 0 saturated carbocycles. The lowest BCUT2D eigenvalue weighted by molar-refractivity contribution is 1.14. The molecule has 0 saturated heterocycles. The van der Waals surface area contributed by atoms with Crippen LogP contribution in [-0.4, -0.2) is 4.98 Å². The zero-order valence-corrected chi connectivity index (χ0v) is 11.3. The number of pyridine rings is 1. The summed E-state index contributed by atoms with van der Waals surface area (Å²) in [7, 11) is 0. The van der Waals surface area contributed by atoms with Gasteiger partial charge in [0.15, 0.2) is 0 Å². The van der Waals surface area contributed by atoms with Crippen LogP contribution in [0.4, 0.5) is 11.4 Å². The number of hydrogen-bond donors (Lipinski definition) is 2. The zero-order chi connectivity index (χ0) is 12.3. The number of rotatable bonds is 3. The highest BCUT2D eigenvalue weighted by molar-refractivity contribution is 9.10. The minimum absolute atomic E-state index is 0.453. The number of hydrogen-bond acceptors (Lipinski definition) is 3. The topological polar surface area (TPSA) is 50.9 Å². The van der Waals surface area contributed by atoms with Crippen molar-refractivity contribution < 1.29 is 0 Å². The number of nitrogens with two attached hydrogens (primary N) is 1. The smallest absolute Gasteiger partial charge is 0.143 e. The summed E-state index contributed by atoms with van der Waals surface area (Å²) in [6.45, 7) is 0.655. The van der Waals surface area contributed by atoms with Crippen LogP contribution in [0.25, 0.3) is 0 Å². The molecule has 0 spiro atoms. The highest BCUT2D eigenvalue weighted by Gasteiger charge is 2.01. The molecular weight excluding hydrogens is 302 g/mol. The Morgan fingerprint density at radius 2 is 2.12 bits per heavy atom. The zero-order valence-electron chi connectivity index (χ0n) is 8.95. The molecule has 0 amide bonds. The van der Waals surface area contributed by atoms with Gasteiger partial charge in [-0.2, -0.15) is 0 Å². The molecule has 0 aliphatic carbocycles. The van der Waals surface area contributed by atoms with E-state index < -0.39 is 0 Å². The van der Waals surface area contributed by atoms with Crippen molar-refractivity contribution in [2.75, 3.05) is 11.1 Å². The van der Waals surface area contributed by atoms with E-state index in [2.05, 4.69) is 26.2 Å². The van der Waals surface area contributed by atoms with Gasteiger partial charge in [0, 0.05) is 12.2 Å². The van der Waals surface area contributed by atoms with Crippen molar-refractivity contribution in [3.05, 3.63) is 51.7 Å². The summed E-state index contributed by atoms with van der Waals surface area (Å²) in [5.74, 6) is 0. The van der Waals surface area contributed by atoms with Crippen molar-refractivity contribution in [2.24, 2.45) is 0 Å². The third kappa shape index (κ3) is 3.11. The average molecular weight is 313 g/mol. The molecular formula is C12H11BrClN3. The van der Waals surface area contributed by atoms with Gasteiger partial charge in [-0.05, 0) is 33.6 Å². The van der Waals surface area contributed by atoms with Crippen LogP contribution >= 0.6 is 27.5 Å². The van der Waals surface area contributed by atoms with Crippen LogP contribution in [0.15, 0.2) is 41.0 Å². The Bertz CT molecular complexity index is 531. The number of benzene rings is 1. The van der Waals surface area contributed by atoms with Gasteiger partial charge in [0.2, 0.25) is 0 Å². The standard InChI is InChI=1S/C12H11BrClN3/c13-10-5-9(7-17-12(10)14)16-6-8-3-1-2-4-11(8)15/h1-5,7,16H,6,15H2.